The number of nitrogens with one attached hydrogen (secondary N) is 1. The standard InChI is InChI=1S/C19H21Cl4N/c1-4-14(24-19-17(22)7-5-8-18(19)23)10-11-15(13(2)3)16(21)9-6-12-20/h5-10,12,24H,4,11H2,1-3H3/b12-6-,14-10+,16-9+. The number of allylic oxidation sites excluding steroid dienone is 7. The Kier molecular flexibility index (Phi) is 9.61. The average molecular weight is 405 g/mol. The third-order valence-corrected chi connectivity index (χ3v) is 4.52. The van der Waals surface area contributed by atoms with Gasteiger partial charge in [0.05, 0.1) is 15.7 Å². The summed E-state index contributed by atoms with van der Waals surface area (Å²) in [5.74, 6) is 0. The van der Waals surface area contributed by atoms with Gasteiger partial charge in [-0.3, -0.25) is 0 Å². The number of benzene rings is 1. The molecule has 0 atom stereocenters. The molecule has 0 amide bonds. The van der Waals surface area contributed by atoms with Crippen molar-refractivity contribution >= 4 is 52.1 Å². The van der Waals surface area contributed by atoms with Gasteiger partial charge in [-0.1, -0.05) is 71.0 Å². The second-order valence-electron chi connectivity index (χ2n) is 5.32. The normalized spacial score (nSPS) is 12.6. The third kappa shape index (κ3) is 6.57. The maximum absolute atomic E-state index is 6.36. The average Bonchev–Trinajstić information content (AvgIpc) is 2.54. The Hall–Kier alpha value is -0.860. The second-order valence-corrected chi connectivity index (χ2v) is 6.79. The van der Waals surface area contributed by atoms with E-state index in [1.54, 1.807) is 12.2 Å². The summed E-state index contributed by atoms with van der Waals surface area (Å²) in [6.45, 7) is 6.14. The van der Waals surface area contributed by atoms with Gasteiger partial charge in [-0.15, -0.1) is 0 Å². The minimum absolute atomic E-state index is 0.592. The molecule has 0 saturated heterocycles. The number of halogens is 4. The van der Waals surface area contributed by atoms with Crippen molar-refractivity contribution in [3.05, 3.63) is 73.9 Å². The Morgan fingerprint density at radius 3 is 2.29 bits per heavy atom. The van der Waals surface area contributed by atoms with Gasteiger partial charge >= 0.3 is 0 Å². The van der Waals surface area contributed by atoms with E-state index in [1.165, 1.54) is 5.54 Å². The van der Waals surface area contributed by atoms with Gasteiger partial charge in [-0.05, 0) is 56.5 Å². The summed E-state index contributed by atoms with van der Waals surface area (Å²) in [6.07, 6.45) is 7.11. The molecule has 0 spiro atoms. The van der Waals surface area contributed by atoms with E-state index in [9.17, 15) is 0 Å². The van der Waals surface area contributed by atoms with Crippen molar-refractivity contribution in [2.45, 2.75) is 33.6 Å². The Balaban J connectivity index is 3.01. The van der Waals surface area contributed by atoms with Gasteiger partial charge in [0.15, 0.2) is 0 Å². The van der Waals surface area contributed by atoms with Crippen molar-refractivity contribution in [3.8, 4) is 0 Å². The zero-order chi connectivity index (χ0) is 18.1. The van der Waals surface area contributed by atoms with E-state index < -0.39 is 0 Å². The molecule has 1 nitrogen and oxygen atoms in total. The van der Waals surface area contributed by atoms with Crippen LogP contribution >= 0.6 is 46.4 Å². The highest BCUT2D eigenvalue weighted by molar-refractivity contribution is 6.39. The first-order valence-corrected chi connectivity index (χ1v) is 9.17. The number of hydrogen-bond acceptors (Lipinski definition) is 1. The molecule has 0 heterocycles. The monoisotopic (exact) mass is 403 g/mol. The molecular formula is C19H21Cl4N. The minimum atomic E-state index is 0.592. The highest BCUT2D eigenvalue weighted by atomic mass is 35.5. The zero-order valence-electron chi connectivity index (χ0n) is 14.0. The molecule has 0 aromatic heterocycles. The van der Waals surface area contributed by atoms with E-state index in [1.807, 2.05) is 32.0 Å². The molecule has 130 valence electrons. The van der Waals surface area contributed by atoms with E-state index >= 15 is 0 Å². The Labute approximate surface area is 164 Å². The highest BCUT2D eigenvalue weighted by Crippen LogP contribution is 2.32. The van der Waals surface area contributed by atoms with Gasteiger partial charge in [0.2, 0.25) is 0 Å². The lowest BCUT2D eigenvalue weighted by molar-refractivity contribution is 1.06. The van der Waals surface area contributed by atoms with Crippen LogP contribution in [0, 0.1) is 0 Å². The summed E-state index contributed by atoms with van der Waals surface area (Å²) in [7, 11) is 0. The molecule has 0 bridgehead atoms. The highest BCUT2D eigenvalue weighted by Gasteiger charge is 2.08. The zero-order valence-corrected chi connectivity index (χ0v) is 17.0. The van der Waals surface area contributed by atoms with Crippen molar-refractivity contribution in [1.82, 2.24) is 0 Å². The minimum Gasteiger partial charge on any atom is -0.357 e. The molecule has 0 fully saturated rings. The Morgan fingerprint density at radius 2 is 1.79 bits per heavy atom. The molecule has 0 unspecified atom stereocenters. The van der Waals surface area contributed by atoms with Gasteiger partial charge < -0.3 is 5.32 Å². The van der Waals surface area contributed by atoms with Gasteiger partial charge in [-0.25, -0.2) is 0 Å². The van der Waals surface area contributed by atoms with Gasteiger partial charge in [0.1, 0.15) is 0 Å². The summed E-state index contributed by atoms with van der Waals surface area (Å²) in [4.78, 5) is 0. The number of para-hydroxylation sites is 1. The van der Waals surface area contributed by atoms with Crippen LogP contribution in [0.5, 0.6) is 0 Å². The summed E-state index contributed by atoms with van der Waals surface area (Å²) >= 11 is 24.3. The summed E-state index contributed by atoms with van der Waals surface area (Å²) < 4.78 is 0. The first kappa shape index (κ1) is 21.2. The first-order chi connectivity index (χ1) is 11.4. The number of hydrogen-bond donors (Lipinski definition) is 1. The molecule has 0 aliphatic carbocycles. The predicted octanol–water partition coefficient (Wildman–Crippen LogP) is 8.30. The van der Waals surface area contributed by atoms with Crippen LogP contribution in [0.15, 0.2) is 63.8 Å². The molecule has 1 rings (SSSR count). The SMILES string of the molecule is CC/C(=C\CC(=C(C)C)/C(Cl)=C\C=C/Cl)Nc1c(Cl)cccc1Cl. The first-order valence-electron chi connectivity index (χ1n) is 7.60. The molecule has 0 aliphatic heterocycles. The van der Waals surface area contributed by atoms with Gasteiger partial charge in [-0.2, -0.15) is 0 Å². The lowest BCUT2D eigenvalue weighted by Crippen LogP contribution is -2.00. The lowest BCUT2D eigenvalue weighted by atomic mass is 10.0. The fraction of sp³-hybridized carbons (Fsp3) is 0.263. The molecule has 1 aromatic rings. The van der Waals surface area contributed by atoms with Crippen molar-refractivity contribution in [3.63, 3.8) is 0 Å². The van der Waals surface area contributed by atoms with Crippen molar-refractivity contribution < 1.29 is 0 Å². The summed E-state index contributed by atoms with van der Waals surface area (Å²) in [5.41, 5.74) is 5.39. The summed E-state index contributed by atoms with van der Waals surface area (Å²) in [6, 6.07) is 5.44. The fourth-order valence-electron chi connectivity index (χ4n) is 2.05. The van der Waals surface area contributed by atoms with Crippen LogP contribution in [0.1, 0.15) is 33.6 Å². The van der Waals surface area contributed by atoms with Crippen LogP contribution < -0.4 is 5.32 Å². The largest absolute Gasteiger partial charge is 0.357 e. The fourth-order valence-corrected chi connectivity index (χ4v) is 2.95. The molecule has 0 saturated carbocycles. The number of anilines is 1. The van der Waals surface area contributed by atoms with Gasteiger partial charge in [0, 0.05) is 16.3 Å². The molecule has 0 aliphatic rings. The van der Waals surface area contributed by atoms with E-state index in [2.05, 4.69) is 18.3 Å². The quantitative estimate of drug-likeness (QED) is 0.450. The maximum Gasteiger partial charge on any atom is 0.0760 e. The maximum atomic E-state index is 6.36. The van der Waals surface area contributed by atoms with Crippen LogP contribution in [-0.4, -0.2) is 0 Å². The van der Waals surface area contributed by atoms with E-state index in [0.29, 0.717) is 21.5 Å². The molecule has 1 aromatic carbocycles. The van der Waals surface area contributed by atoms with Crippen LogP contribution in [0.3, 0.4) is 0 Å². The van der Waals surface area contributed by atoms with Crippen LogP contribution in [-0.2, 0) is 0 Å². The molecule has 0 radical (unpaired) electrons. The van der Waals surface area contributed by atoms with Crippen molar-refractivity contribution in [2.75, 3.05) is 5.32 Å². The van der Waals surface area contributed by atoms with E-state index in [4.69, 9.17) is 46.4 Å². The molecule has 5 heteroatoms. The van der Waals surface area contributed by atoms with Crippen LogP contribution in [0.2, 0.25) is 10.0 Å². The lowest BCUT2D eigenvalue weighted by Gasteiger charge is -2.14. The Morgan fingerprint density at radius 1 is 1.17 bits per heavy atom. The van der Waals surface area contributed by atoms with Gasteiger partial charge in [0.25, 0.3) is 0 Å². The van der Waals surface area contributed by atoms with Crippen LogP contribution in [0.4, 0.5) is 5.69 Å². The molecular weight excluding hydrogens is 384 g/mol. The second kappa shape index (κ2) is 10.9. The van der Waals surface area contributed by atoms with E-state index in [-0.39, 0.29) is 0 Å². The molecule has 24 heavy (non-hydrogen) atoms. The van der Waals surface area contributed by atoms with Crippen molar-refractivity contribution in [2.24, 2.45) is 0 Å². The smallest absolute Gasteiger partial charge is 0.0760 e. The van der Waals surface area contributed by atoms with Crippen LogP contribution in [0.25, 0.3) is 0 Å². The molecule has 1 N–H and O–H groups in total. The topological polar surface area (TPSA) is 12.0 Å². The Bertz CT molecular complexity index is 660. The van der Waals surface area contributed by atoms with Crippen molar-refractivity contribution in [1.29, 1.82) is 0 Å². The third-order valence-electron chi connectivity index (χ3n) is 3.39. The summed E-state index contributed by atoms with van der Waals surface area (Å²) in [5, 5.41) is 5.18. The predicted molar refractivity (Wildman–Crippen MR) is 110 cm³/mol. The van der Waals surface area contributed by atoms with E-state index in [0.717, 1.165) is 29.0 Å². The number of rotatable bonds is 7.